The SMILES string of the molecule is CN(C)[C@@H]1C(=O)C(C(N)=O)C(=O)[C@@]2(O)C(=O)C3C(=O)c4c(O)c(CNCC(C)(C)C)cc(CNCC(C)(C)C)c4C[C@H]3C[C@@H]12. The number of nitrogens with one attached hydrogen (secondary N) is 2. The fourth-order valence-electron chi connectivity index (χ4n) is 7.25. The molecule has 0 radical (unpaired) electrons. The maximum absolute atomic E-state index is 14.3. The van der Waals surface area contributed by atoms with Gasteiger partial charge in [0, 0.05) is 37.7 Å². The minimum atomic E-state index is -2.74. The van der Waals surface area contributed by atoms with Crippen LogP contribution in [-0.4, -0.2) is 83.0 Å². The predicted molar refractivity (Wildman–Crippen MR) is 164 cm³/mol. The smallest absolute Gasteiger partial charge is 0.235 e. The molecule has 1 aromatic rings. The number of nitrogens with two attached hydrogens (primary N) is 1. The quantitative estimate of drug-likeness (QED) is 0.267. The van der Waals surface area contributed by atoms with Gasteiger partial charge in [0.1, 0.15) is 5.75 Å². The third-order valence-electron chi connectivity index (χ3n) is 9.17. The van der Waals surface area contributed by atoms with Gasteiger partial charge in [-0.2, -0.15) is 0 Å². The minimum Gasteiger partial charge on any atom is -0.507 e. The number of hydrogen-bond acceptors (Lipinski definition) is 10. The normalized spacial score (nSPS) is 29.0. The number of phenols is 1. The Labute approximate surface area is 259 Å². The van der Waals surface area contributed by atoms with Crippen LogP contribution in [0.15, 0.2) is 6.07 Å². The molecule has 11 nitrogen and oxygen atoms in total. The summed E-state index contributed by atoms with van der Waals surface area (Å²) in [5, 5.41) is 30.1. The molecule has 0 saturated heterocycles. The van der Waals surface area contributed by atoms with Crippen molar-refractivity contribution in [1.82, 2.24) is 15.5 Å². The van der Waals surface area contributed by atoms with Crippen LogP contribution in [-0.2, 0) is 38.7 Å². The lowest BCUT2D eigenvalue weighted by Gasteiger charge is -2.52. The lowest BCUT2D eigenvalue weighted by Crippen LogP contribution is -2.74. The molecule has 2 saturated carbocycles. The summed E-state index contributed by atoms with van der Waals surface area (Å²) in [6.45, 7) is 14.6. The van der Waals surface area contributed by atoms with Crippen molar-refractivity contribution in [1.29, 1.82) is 0 Å². The van der Waals surface area contributed by atoms with Crippen LogP contribution in [0.2, 0.25) is 0 Å². The van der Waals surface area contributed by atoms with Gasteiger partial charge in [-0.15, -0.1) is 0 Å². The highest BCUT2D eigenvalue weighted by atomic mass is 16.3. The maximum atomic E-state index is 14.3. The van der Waals surface area contributed by atoms with E-state index in [0.717, 1.165) is 5.56 Å². The number of ketones is 4. The van der Waals surface area contributed by atoms with E-state index in [2.05, 4.69) is 52.2 Å². The Hall–Kier alpha value is -2.99. The summed E-state index contributed by atoms with van der Waals surface area (Å²) >= 11 is 0. The van der Waals surface area contributed by atoms with Crippen molar-refractivity contribution in [3.63, 3.8) is 0 Å². The van der Waals surface area contributed by atoms with Crippen LogP contribution in [0.4, 0.5) is 0 Å². The molecule has 242 valence electrons. The van der Waals surface area contributed by atoms with Gasteiger partial charge in [-0.05, 0) is 60.9 Å². The van der Waals surface area contributed by atoms with E-state index in [1.807, 2.05) is 6.07 Å². The summed E-state index contributed by atoms with van der Waals surface area (Å²) in [6.07, 6.45) is 0.260. The highest BCUT2D eigenvalue weighted by molar-refractivity contribution is 6.32. The molecule has 11 heteroatoms. The summed E-state index contributed by atoms with van der Waals surface area (Å²) in [5.41, 5.74) is 4.63. The number of nitrogens with zero attached hydrogens (tertiary/aromatic N) is 1. The average molecular weight is 613 g/mol. The molecule has 1 aromatic carbocycles. The number of aliphatic hydroxyl groups is 1. The van der Waals surface area contributed by atoms with Gasteiger partial charge in [-0.3, -0.25) is 28.9 Å². The second-order valence-electron chi connectivity index (χ2n) is 15.5. The molecule has 2 unspecified atom stereocenters. The zero-order valence-electron chi connectivity index (χ0n) is 27.2. The van der Waals surface area contributed by atoms with Crippen molar-refractivity contribution in [2.24, 2.45) is 40.2 Å². The van der Waals surface area contributed by atoms with Crippen LogP contribution in [0.25, 0.3) is 0 Å². The molecule has 2 fully saturated rings. The predicted octanol–water partition coefficient (Wildman–Crippen LogP) is 1.14. The Morgan fingerprint density at radius 3 is 2.02 bits per heavy atom. The highest BCUT2D eigenvalue weighted by Crippen LogP contribution is 2.51. The summed E-state index contributed by atoms with van der Waals surface area (Å²) in [6, 6.07) is 0.760. The summed E-state index contributed by atoms with van der Waals surface area (Å²) in [4.78, 5) is 69.0. The molecule has 0 aromatic heterocycles. The monoisotopic (exact) mass is 612 g/mol. The Balaban J connectivity index is 1.81. The second kappa shape index (κ2) is 11.7. The zero-order valence-corrected chi connectivity index (χ0v) is 27.2. The van der Waals surface area contributed by atoms with E-state index in [1.165, 1.54) is 4.90 Å². The molecule has 1 amide bonds. The number of Topliss-reactive ketones (excluding diaryl/α,β-unsaturated/α-hetero) is 4. The van der Waals surface area contributed by atoms with Crippen LogP contribution >= 0.6 is 0 Å². The van der Waals surface area contributed by atoms with Crippen molar-refractivity contribution in [2.45, 2.75) is 79.1 Å². The lowest BCUT2D eigenvalue weighted by molar-refractivity contribution is -0.181. The van der Waals surface area contributed by atoms with E-state index in [1.54, 1.807) is 14.1 Å². The van der Waals surface area contributed by atoms with Crippen LogP contribution in [0, 0.1) is 34.5 Å². The van der Waals surface area contributed by atoms with Crippen LogP contribution < -0.4 is 16.4 Å². The lowest BCUT2D eigenvalue weighted by atomic mass is 9.52. The van der Waals surface area contributed by atoms with E-state index in [9.17, 15) is 34.2 Å². The van der Waals surface area contributed by atoms with Crippen molar-refractivity contribution in [3.05, 3.63) is 28.3 Å². The minimum absolute atomic E-state index is 0.000739. The molecule has 0 aliphatic heterocycles. The standard InChI is InChI=1S/C33H48N4O7/c1-31(2,3)14-35-12-17-9-18(13-36-15-32(4,5)6)25(38)22-19(17)10-16-11-20-24(37(7)8)27(40)23(30(34)43)29(42)33(20,44)28(41)21(16)26(22)39/h9,16,20-21,23-24,35-36,38,44H,10-15H2,1-8H3,(H2,34,43)/t16-,20-,21?,23?,24-,33-/m0/s1. The van der Waals surface area contributed by atoms with Gasteiger partial charge in [0.25, 0.3) is 0 Å². The number of phenolic OH excluding ortho intramolecular Hbond substituents is 1. The van der Waals surface area contributed by atoms with E-state index in [-0.39, 0.29) is 41.5 Å². The van der Waals surface area contributed by atoms with E-state index < -0.39 is 64.4 Å². The summed E-state index contributed by atoms with van der Waals surface area (Å²) in [7, 11) is 3.14. The van der Waals surface area contributed by atoms with Gasteiger partial charge in [-0.25, -0.2) is 0 Å². The van der Waals surface area contributed by atoms with Gasteiger partial charge < -0.3 is 26.6 Å². The highest BCUT2D eigenvalue weighted by Gasteiger charge is 2.69. The summed E-state index contributed by atoms with van der Waals surface area (Å²) < 4.78 is 0. The van der Waals surface area contributed by atoms with E-state index in [0.29, 0.717) is 30.8 Å². The molecule has 0 heterocycles. The van der Waals surface area contributed by atoms with Crippen molar-refractivity contribution >= 4 is 29.0 Å². The van der Waals surface area contributed by atoms with E-state index >= 15 is 0 Å². The number of likely N-dealkylation sites (N-methyl/N-ethyl adjacent to an activating group) is 1. The number of hydrogen-bond donors (Lipinski definition) is 5. The summed E-state index contributed by atoms with van der Waals surface area (Å²) in [5.74, 6) is -10.4. The third-order valence-corrected chi connectivity index (χ3v) is 9.17. The number of fused-ring (bicyclic) bond motifs is 3. The van der Waals surface area contributed by atoms with Gasteiger partial charge in [0.05, 0.1) is 17.5 Å². The number of amides is 1. The third kappa shape index (κ3) is 5.99. The van der Waals surface area contributed by atoms with Crippen molar-refractivity contribution < 1.29 is 34.2 Å². The van der Waals surface area contributed by atoms with Crippen molar-refractivity contribution in [2.75, 3.05) is 27.2 Å². The number of carbonyl (C=O) groups excluding carboxylic acids is 5. The van der Waals surface area contributed by atoms with Gasteiger partial charge in [-0.1, -0.05) is 41.5 Å². The van der Waals surface area contributed by atoms with Gasteiger partial charge in [0.15, 0.2) is 34.7 Å². The van der Waals surface area contributed by atoms with E-state index in [4.69, 9.17) is 5.73 Å². The van der Waals surface area contributed by atoms with Crippen LogP contribution in [0.1, 0.15) is 75.0 Å². The average Bonchev–Trinajstić information content (AvgIpc) is 2.86. The Kier molecular flexibility index (Phi) is 9.04. The molecule has 4 rings (SSSR count). The molecule has 3 aliphatic carbocycles. The van der Waals surface area contributed by atoms with Crippen molar-refractivity contribution in [3.8, 4) is 5.75 Å². The Morgan fingerprint density at radius 1 is 0.977 bits per heavy atom. The molecule has 0 spiro atoms. The first-order valence-corrected chi connectivity index (χ1v) is 15.3. The molecule has 44 heavy (non-hydrogen) atoms. The number of rotatable bonds is 8. The largest absolute Gasteiger partial charge is 0.507 e. The number of aromatic hydroxyl groups is 1. The fraction of sp³-hybridized carbons (Fsp3) is 0.667. The molecule has 6 atom stereocenters. The van der Waals surface area contributed by atoms with Gasteiger partial charge >= 0.3 is 0 Å². The molecule has 6 N–H and O–H groups in total. The maximum Gasteiger partial charge on any atom is 0.235 e. The van der Waals surface area contributed by atoms with Crippen LogP contribution in [0.5, 0.6) is 5.75 Å². The molecule has 3 aliphatic rings. The molecular weight excluding hydrogens is 564 g/mol. The Morgan fingerprint density at radius 2 is 1.52 bits per heavy atom. The first-order valence-electron chi connectivity index (χ1n) is 15.3. The second-order valence-corrected chi connectivity index (χ2v) is 15.5. The zero-order chi connectivity index (χ0) is 33.1. The molecular formula is C33H48N4O7. The number of carbonyl (C=O) groups is 5. The van der Waals surface area contributed by atoms with Crippen LogP contribution in [0.3, 0.4) is 0 Å². The fourth-order valence-corrected chi connectivity index (χ4v) is 7.25. The molecule has 0 bridgehead atoms. The number of primary amides is 1. The number of benzene rings is 1. The first kappa shape index (κ1) is 33.9. The first-order chi connectivity index (χ1) is 20.2. The van der Waals surface area contributed by atoms with Gasteiger partial charge in [0.2, 0.25) is 5.91 Å². The Bertz CT molecular complexity index is 1390. The topological polar surface area (TPSA) is 179 Å².